The second kappa shape index (κ2) is 17.4. The average molecular weight is 591 g/mol. The van der Waals surface area contributed by atoms with Crippen LogP contribution in [0.3, 0.4) is 0 Å². The van der Waals surface area contributed by atoms with Crippen molar-refractivity contribution in [3.05, 3.63) is 125 Å². The molecule has 8 nitrogen and oxygen atoms in total. The zero-order valence-electron chi connectivity index (χ0n) is 23.1. The van der Waals surface area contributed by atoms with Gasteiger partial charge in [0.15, 0.2) is 0 Å². The predicted molar refractivity (Wildman–Crippen MR) is 164 cm³/mol. The van der Waals surface area contributed by atoms with Gasteiger partial charge in [0.1, 0.15) is 49.5 Å². The number of carbonyl (C=O) groups excluding carboxylic acids is 2. The molecule has 4 aromatic carbocycles. The van der Waals surface area contributed by atoms with E-state index in [1.807, 2.05) is 60.7 Å². The van der Waals surface area contributed by atoms with Gasteiger partial charge in [-0.2, -0.15) is 0 Å². The summed E-state index contributed by atoms with van der Waals surface area (Å²) in [5, 5.41) is 16.3. The van der Waals surface area contributed by atoms with E-state index in [2.05, 4.69) is 10.6 Å². The number of hydrogen-bond donors (Lipinski definition) is 3. The van der Waals surface area contributed by atoms with Crippen molar-refractivity contribution in [2.75, 3.05) is 26.3 Å². The van der Waals surface area contributed by atoms with Gasteiger partial charge in [0, 0.05) is 25.2 Å². The maximum atomic E-state index is 13.1. The predicted octanol–water partition coefficient (Wildman–Crippen LogP) is 4.84. The standard InChI is InChI=1S/C33H34N2O6.ClH/c36-22-26-11-13-29(14-12-26)40-24-28(37)21-34-17-18-39-30-15-16-32(41-23-27-9-5-2-6-10-27)31(19-30)33(38)35-20-25-7-3-1-4-8-25;/h1-16,19,22,28,34,37H,17-18,20-21,23-24H2,(H,35,38);1H. The van der Waals surface area contributed by atoms with E-state index in [4.69, 9.17) is 14.2 Å². The molecule has 220 valence electrons. The number of halogens is 1. The van der Waals surface area contributed by atoms with Gasteiger partial charge in [-0.15, -0.1) is 12.4 Å². The third-order valence-electron chi connectivity index (χ3n) is 6.11. The van der Waals surface area contributed by atoms with Crippen molar-refractivity contribution in [1.82, 2.24) is 10.6 Å². The quantitative estimate of drug-likeness (QED) is 0.127. The van der Waals surface area contributed by atoms with Crippen LogP contribution >= 0.6 is 12.4 Å². The van der Waals surface area contributed by atoms with E-state index in [1.54, 1.807) is 42.5 Å². The number of aliphatic hydroxyl groups is 1. The highest BCUT2D eigenvalue weighted by molar-refractivity contribution is 5.97. The Morgan fingerprint density at radius 2 is 1.48 bits per heavy atom. The zero-order chi connectivity index (χ0) is 28.7. The Morgan fingerprint density at radius 3 is 2.17 bits per heavy atom. The zero-order valence-corrected chi connectivity index (χ0v) is 23.9. The first-order valence-corrected chi connectivity index (χ1v) is 13.4. The summed E-state index contributed by atoms with van der Waals surface area (Å²) in [7, 11) is 0. The molecule has 1 amide bonds. The second-order valence-electron chi connectivity index (χ2n) is 9.30. The normalized spacial score (nSPS) is 11.1. The summed E-state index contributed by atoms with van der Waals surface area (Å²) in [5.41, 5.74) is 2.94. The molecule has 0 radical (unpaired) electrons. The van der Waals surface area contributed by atoms with Crippen LogP contribution in [0.1, 0.15) is 31.8 Å². The fraction of sp³-hybridized carbons (Fsp3) is 0.212. The molecule has 0 spiro atoms. The lowest BCUT2D eigenvalue weighted by atomic mass is 10.1. The lowest BCUT2D eigenvalue weighted by Crippen LogP contribution is -2.33. The number of amides is 1. The van der Waals surface area contributed by atoms with Gasteiger partial charge in [0.2, 0.25) is 0 Å². The summed E-state index contributed by atoms with van der Waals surface area (Å²) in [5.74, 6) is 1.32. The monoisotopic (exact) mass is 590 g/mol. The van der Waals surface area contributed by atoms with Crippen molar-refractivity contribution in [3.8, 4) is 17.2 Å². The summed E-state index contributed by atoms with van der Waals surface area (Å²) >= 11 is 0. The molecular formula is C33H35ClN2O6. The minimum absolute atomic E-state index is 0. The van der Waals surface area contributed by atoms with Crippen LogP contribution < -0.4 is 24.8 Å². The smallest absolute Gasteiger partial charge is 0.255 e. The molecule has 1 atom stereocenters. The summed E-state index contributed by atoms with van der Waals surface area (Å²) in [6, 6.07) is 31.3. The topological polar surface area (TPSA) is 106 Å². The lowest BCUT2D eigenvalue weighted by Gasteiger charge is -2.15. The molecule has 0 aliphatic rings. The van der Waals surface area contributed by atoms with Gasteiger partial charge >= 0.3 is 0 Å². The molecule has 42 heavy (non-hydrogen) atoms. The van der Waals surface area contributed by atoms with Crippen molar-refractivity contribution in [1.29, 1.82) is 0 Å². The Balaban J connectivity index is 0.00000484. The maximum absolute atomic E-state index is 13.1. The number of carbonyl (C=O) groups is 2. The van der Waals surface area contributed by atoms with Crippen molar-refractivity contribution in [2.24, 2.45) is 0 Å². The number of nitrogens with one attached hydrogen (secondary N) is 2. The van der Waals surface area contributed by atoms with Crippen LogP contribution in [0.5, 0.6) is 17.2 Å². The molecule has 0 bridgehead atoms. The number of aldehydes is 1. The highest BCUT2D eigenvalue weighted by atomic mass is 35.5. The first-order chi connectivity index (χ1) is 20.1. The van der Waals surface area contributed by atoms with Crippen molar-refractivity contribution in [3.63, 3.8) is 0 Å². The fourth-order valence-electron chi connectivity index (χ4n) is 3.91. The Bertz CT molecular complexity index is 1370. The SMILES string of the molecule is Cl.O=Cc1ccc(OCC(O)CNCCOc2ccc(OCc3ccccc3)c(C(=O)NCc3ccccc3)c2)cc1. The molecule has 0 aliphatic heterocycles. The van der Waals surface area contributed by atoms with Gasteiger partial charge in [-0.25, -0.2) is 0 Å². The first kappa shape index (κ1) is 32.1. The summed E-state index contributed by atoms with van der Waals surface area (Å²) < 4.78 is 17.4. The second-order valence-corrected chi connectivity index (χ2v) is 9.30. The Labute approximate surface area is 252 Å². The molecule has 4 aromatic rings. The summed E-state index contributed by atoms with van der Waals surface area (Å²) in [6.45, 7) is 1.96. The van der Waals surface area contributed by atoms with Crippen LogP contribution in [-0.4, -0.2) is 49.7 Å². The van der Waals surface area contributed by atoms with Crippen LogP contribution in [0.2, 0.25) is 0 Å². The molecular weight excluding hydrogens is 556 g/mol. The largest absolute Gasteiger partial charge is 0.492 e. The molecule has 1 unspecified atom stereocenters. The number of aliphatic hydroxyl groups excluding tert-OH is 1. The molecule has 3 N–H and O–H groups in total. The maximum Gasteiger partial charge on any atom is 0.255 e. The molecule has 9 heteroatoms. The summed E-state index contributed by atoms with van der Waals surface area (Å²) in [6.07, 6.45) is 0.0436. The van der Waals surface area contributed by atoms with Crippen LogP contribution in [0.15, 0.2) is 103 Å². The number of hydrogen-bond acceptors (Lipinski definition) is 7. The van der Waals surface area contributed by atoms with E-state index in [0.29, 0.717) is 61.2 Å². The van der Waals surface area contributed by atoms with E-state index < -0.39 is 6.10 Å². The Hall–Kier alpha value is -4.37. The lowest BCUT2D eigenvalue weighted by molar-refractivity contribution is 0.0945. The summed E-state index contributed by atoms with van der Waals surface area (Å²) in [4.78, 5) is 23.9. The van der Waals surface area contributed by atoms with Crippen LogP contribution in [0.4, 0.5) is 0 Å². The fourth-order valence-corrected chi connectivity index (χ4v) is 3.91. The van der Waals surface area contributed by atoms with E-state index in [1.165, 1.54) is 0 Å². The van der Waals surface area contributed by atoms with Crippen LogP contribution in [-0.2, 0) is 13.2 Å². The van der Waals surface area contributed by atoms with Gasteiger partial charge in [-0.3, -0.25) is 9.59 Å². The van der Waals surface area contributed by atoms with E-state index >= 15 is 0 Å². The van der Waals surface area contributed by atoms with Gasteiger partial charge in [0.25, 0.3) is 5.91 Å². The van der Waals surface area contributed by atoms with E-state index in [-0.39, 0.29) is 24.9 Å². The molecule has 0 saturated carbocycles. The van der Waals surface area contributed by atoms with Crippen molar-refractivity contribution < 1.29 is 28.9 Å². The highest BCUT2D eigenvalue weighted by Crippen LogP contribution is 2.25. The molecule has 0 heterocycles. The molecule has 0 aromatic heterocycles. The average Bonchev–Trinajstić information content (AvgIpc) is 3.03. The van der Waals surface area contributed by atoms with Gasteiger partial charge in [-0.1, -0.05) is 60.7 Å². The van der Waals surface area contributed by atoms with E-state index in [9.17, 15) is 14.7 Å². The first-order valence-electron chi connectivity index (χ1n) is 13.4. The highest BCUT2D eigenvalue weighted by Gasteiger charge is 2.15. The Kier molecular flexibility index (Phi) is 13.4. The third-order valence-corrected chi connectivity index (χ3v) is 6.11. The van der Waals surface area contributed by atoms with Crippen molar-refractivity contribution in [2.45, 2.75) is 19.3 Å². The van der Waals surface area contributed by atoms with Crippen LogP contribution in [0, 0.1) is 0 Å². The van der Waals surface area contributed by atoms with E-state index in [0.717, 1.165) is 17.4 Å². The third kappa shape index (κ3) is 10.6. The number of benzene rings is 4. The van der Waals surface area contributed by atoms with Crippen LogP contribution in [0.25, 0.3) is 0 Å². The molecule has 0 aliphatic carbocycles. The number of ether oxygens (including phenoxy) is 3. The molecule has 0 fully saturated rings. The number of rotatable bonds is 16. The van der Waals surface area contributed by atoms with Gasteiger partial charge < -0.3 is 30.0 Å². The molecule has 4 rings (SSSR count). The van der Waals surface area contributed by atoms with Gasteiger partial charge in [-0.05, 0) is 53.6 Å². The molecule has 0 saturated heterocycles. The minimum atomic E-state index is -0.721. The Morgan fingerprint density at radius 1 is 0.810 bits per heavy atom. The van der Waals surface area contributed by atoms with Gasteiger partial charge in [0.05, 0.1) is 5.56 Å². The minimum Gasteiger partial charge on any atom is -0.492 e. The van der Waals surface area contributed by atoms with Crippen molar-refractivity contribution >= 4 is 24.6 Å².